The summed E-state index contributed by atoms with van der Waals surface area (Å²) in [5, 5.41) is 51.1. The lowest BCUT2D eigenvalue weighted by atomic mass is 9.98. The van der Waals surface area contributed by atoms with Gasteiger partial charge in [0.2, 0.25) is 0 Å². The lowest BCUT2D eigenvalue weighted by Gasteiger charge is -2.40. The summed E-state index contributed by atoms with van der Waals surface area (Å²) in [6.07, 6.45) is -4.30. The van der Waals surface area contributed by atoms with E-state index in [0.29, 0.717) is 27.4 Å². The van der Waals surface area contributed by atoms with Crippen LogP contribution in [0, 0.1) is 0 Å². The van der Waals surface area contributed by atoms with Crippen LogP contribution in [0.15, 0.2) is 52.4 Å². The molecule has 0 bridgehead atoms. The minimum Gasteiger partial charge on any atom is -0.396 e. The molecule has 1 aliphatic rings. The van der Waals surface area contributed by atoms with Gasteiger partial charge in [0.05, 0.1) is 22.2 Å². The van der Waals surface area contributed by atoms with Crippen LogP contribution in [0.4, 0.5) is 0 Å². The highest BCUT2D eigenvalue weighted by Gasteiger charge is 2.44. The maximum atomic E-state index is 10.6. The molecule has 32 heavy (non-hydrogen) atoms. The Morgan fingerprint density at radius 3 is 2.25 bits per heavy atom. The van der Waals surface area contributed by atoms with Crippen LogP contribution in [0.2, 0.25) is 10.0 Å². The van der Waals surface area contributed by atoms with E-state index in [1.165, 1.54) is 11.8 Å². The lowest BCUT2D eigenvalue weighted by molar-refractivity contribution is -0.250. The summed E-state index contributed by atoms with van der Waals surface area (Å²) in [5.41, 5.74) is 1.52. The van der Waals surface area contributed by atoms with Gasteiger partial charge in [0, 0.05) is 28.0 Å². The van der Waals surface area contributed by atoms with Crippen molar-refractivity contribution in [1.82, 2.24) is 4.57 Å². The molecule has 0 unspecified atom stereocenters. The molecule has 172 valence electrons. The molecule has 5 N–H and O–H groups in total. The Bertz CT molecular complexity index is 1090. The van der Waals surface area contributed by atoms with Gasteiger partial charge < -0.3 is 34.8 Å². The predicted molar refractivity (Wildman–Crippen MR) is 122 cm³/mol. The predicted octanol–water partition coefficient (Wildman–Crippen LogP) is 2.61. The number of hydrogen-bond donors (Lipinski definition) is 5. The van der Waals surface area contributed by atoms with Gasteiger partial charge in [-0.15, -0.1) is 0 Å². The second-order valence-electron chi connectivity index (χ2n) is 7.59. The van der Waals surface area contributed by atoms with Crippen molar-refractivity contribution < 1.29 is 30.3 Å². The van der Waals surface area contributed by atoms with Crippen LogP contribution in [-0.2, 0) is 11.2 Å². The summed E-state index contributed by atoms with van der Waals surface area (Å²) in [5.74, 6) is 0. The average molecular weight is 500 g/mol. The fourth-order valence-corrected chi connectivity index (χ4v) is 5.42. The minimum absolute atomic E-state index is 0.0766. The first-order chi connectivity index (χ1) is 15.3. The van der Waals surface area contributed by atoms with Crippen molar-refractivity contribution in [2.75, 3.05) is 13.2 Å². The number of ether oxygens (including phenoxy) is 1. The summed E-state index contributed by atoms with van der Waals surface area (Å²) in [6.45, 7) is -0.454. The smallest absolute Gasteiger partial charge is 0.163 e. The van der Waals surface area contributed by atoms with Crippen molar-refractivity contribution in [3.8, 4) is 0 Å². The number of aromatic nitrogens is 1. The molecule has 0 radical (unpaired) electrons. The standard InChI is InChI=1S/C22H23Cl2NO6S/c23-13-5-6-14(24)18-17(13)16(32-12-3-1-11(2-4-12)7-8-26)9-25(18)22-21(30)20(29)19(28)15(10-27)31-22/h1-6,9,15,19-22,26-30H,7-8,10H2/t15-,19-,20+,21-,22-/m1/s1. The van der Waals surface area contributed by atoms with Gasteiger partial charge in [-0.25, -0.2) is 0 Å². The van der Waals surface area contributed by atoms with E-state index >= 15 is 0 Å². The van der Waals surface area contributed by atoms with Crippen LogP contribution >= 0.6 is 35.0 Å². The zero-order chi connectivity index (χ0) is 23.0. The van der Waals surface area contributed by atoms with Crippen molar-refractivity contribution in [2.45, 2.75) is 46.9 Å². The zero-order valence-corrected chi connectivity index (χ0v) is 19.1. The Balaban J connectivity index is 1.78. The quantitative estimate of drug-likeness (QED) is 0.354. The third-order valence-electron chi connectivity index (χ3n) is 5.53. The van der Waals surface area contributed by atoms with Gasteiger partial charge in [-0.2, -0.15) is 0 Å². The summed E-state index contributed by atoms with van der Waals surface area (Å²) in [4.78, 5) is 1.68. The van der Waals surface area contributed by atoms with E-state index < -0.39 is 37.3 Å². The molecule has 5 atom stereocenters. The van der Waals surface area contributed by atoms with Gasteiger partial charge in [-0.05, 0) is 36.2 Å². The Labute approximate surface area is 198 Å². The normalized spacial score (nSPS) is 26.0. The second-order valence-corrected chi connectivity index (χ2v) is 9.52. The van der Waals surface area contributed by atoms with E-state index in [1.54, 1.807) is 22.9 Å². The van der Waals surface area contributed by atoms with Crippen LogP contribution < -0.4 is 0 Å². The van der Waals surface area contributed by atoms with Crippen LogP contribution in [0.25, 0.3) is 10.9 Å². The Morgan fingerprint density at radius 1 is 0.906 bits per heavy atom. The number of halogens is 2. The summed E-state index contributed by atoms with van der Waals surface area (Å²) in [7, 11) is 0. The maximum Gasteiger partial charge on any atom is 0.163 e. The van der Waals surface area contributed by atoms with E-state index in [2.05, 4.69) is 0 Å². The fraction of sp³-hybridized carbons (Fsp3) is 0.364. The second kappa shape index (κ2) is 9.89. The fourth-order valence-electron chi connectivity index (χ4n) is 3.85. The molecular weight excluding hydrogens is 477 g/mol. The number of nitrogens with zero attached hydrogens (tertiary/aromatic N) is 1. The SMILES string of the molecule is OCCc1ccc(Sc2cn([C@@H]3O[C@H](CO)[C@@H](O)[C@H](O)[C@H]3O)c3c(Cl)ccc(Cl)c23)cc1. The van der Waals surface area contributed by atoms with Gasteiger partial charge in [-0.3, -0.25) is 0 Å². The van der Waals surface area contributed by atoms with Crippen molar-refractivity contribution in [3.05, 3.63) is 58.2 Å². The molecule has 0 spiro atoms. The largest absolute Gasteiger partial charge is 0.396 e. The third-order valence-corrected chi connectivity index (χ3v) is 7.19. The van der Waals surface area contributed by atoms with Crippen LogP contribution in [-0.4, -0.2) is 67.7 Å². The number of fused-ring (bicyclic) bond motifs is 1. The topological polar surface area (TPSA) is 115 Å². The maximum absolute atomic E-state index is 10.6. The number of benzene rings is 2. The molecule has 3 aromatic rings. The van der Waals surface area contributed by atoms with Gasteiger partial charge in [0.25, 0.3) is 0 Å². The molecule has 4 rings (SSSR count). The minimum atomic E-state index is -1.52. The Morgan fingerprint density at radius 2 is 1.59 bits per heavy atom. The van der Waals surface area contributed by atoms with Crippen LogP contribution in [0.3, 0.4) is 0 Å². The monoisotopic (exact) mass is 499 g/mol. The molecule has 0 aliphatic carbocycles. The molecule has 0 saturated carbocycles. The first kappa shape index (κ1) is 23.8. The van der Waals surface area contributed by atoms with Gasteiger partial charge in [0.15, 0.2) is 6.23 Å². The zero-order valence-electron chi connectivity index (χ0n) is 16.8. The number of hydrogen-bond acceptors (Lipinski definition) is 7. The van der Waals surface area contributed by atoms with Gasteiger partial charge in [-0.1, -0.05) is 47.1 Å². The van der Waals surface area contributed by atoms with Gasteiger partial charge >= 0.3 is 0 Å². The third kappa shape index (κ3) is 4.40. The number of rotatable bonds is 6. The number of aliphatic hydroxyl groups excluding tert-OH is 5. The Kier molecular flexibility index (Phi) is 7.36. The molecular formula is C22H23Cl2NO6S. The lowest BCUT2D eigenvalue weighted by Crippen LogP contribution is -2.56. The average Bonchev–Trinajstić information content (AvgIpc) is 3.16. The van der Waals surface area contributed by atoms with E-state index in [-0.39, 0.29) is 6.61 Å². The van der Waals surface area contributed by atoms with Crippen molar-refractivity contribution in [3.63, 3.8) is 0 Å². The summed E-state index contributed by atoms with van der Waals surface area (Å²) in [6, 6.07) is 11.0. The highest BCUT2D eigenvalue weighted by Crippen LogP contribution is 2.44. The first-order valence-corrected chi connectivity index (χ1v) is 11.6. The van der Waals surface area contributed by atoms with E-state index in [9.17, 15) is 20.4 Å². The highest BCUT2D eigenvalue weighted by molar-refractivity contribution is 7.99. The molecule has 1 fully saturated rings. The van der Waals surface area contributed by atoms with Gasteiger partial charge in [0.1, 0.15) is 24.4 Å². The van der Waals surface area contributed by atoms with E-state index in [0.717, 1.165) is 15.4 Å². The molecule has 1 aliphatic heterocycles. The number of aliphatic hydroxyl groups is 5. The first-order valence-electron chi connectivity index (χ1n) is 10.0. The van der Waals surface area contributed by atoms with Crippen LogP contribution in [0.5, 0.6) is 0 Å². The molecule has 7 nitrogen and oxygen atoms in total. The molecule has 10 heteroatoms. The van der Waals surface area contributed by atoms with Crippen molar-refractivity contribution >= 4 is 45.9 Å². The molecule has 2 heterocycles. The van der Waals surface area contributed by atoms with Crippen LogP contribution in [0.1, 0.15) is 11.8 Å². The molecule has 0 amide bonds. The van der Waals surface area contributed by atoms with E-state index in [1.807, 2.05) is 24.3 Å². The van der Waals surface area contributed by atoms with Crippen molar-refractivity contribution in [1.29, 1.82) is 0 Å². The summed E-state index contributed by atoms with van der Waals surface area (Å²) < 4.78 is 7.32. The summed E-state index contributed by atoms with van der Waals surface area (Å²) >= 11 is 14.5. The van der Waals surface area contributed by atoms with E-state index in [4.69, 9.17) is 33.0 Å². The Hall–Kier alpha value is -1.33. The molecule has 2 aromatic carbocycles. The van der Waals surface area contributed by atoms with Crippen molar-refractivity contribution in [2.24, 2.45) is 0 Å². The highest BCUT2D eigenvalue weighted by atomic mass is 35.5. The molecule has 1 saturated heterocycles. The molecule has 1 aromatic heterocycles.